The summed E-state index contributed by atoms with van der Waals surface area (Å²) in [4.78, 5) is 2.34. The van der Waals surface area contributed by atoms with E-state index < -0.39 is 6.10 Å². The van der Waals surface area contributed by atoms with Gasteiger partial charge in [0.15, 0.2) is 0 Å². The lowest BCUT2D eigenvalue weighted by molar-refractivity contribution is 0.117. The normalized spacial score (nSPS) is 20.1. The molecule has 0 bridgehead atoms. The number of hydrogen-bond donors (Lipinski definition) is 1. The van der Waals surface area contributed by atoms with Crippen LogP contribution in [0.15, 0.2) is 30.5 Å². The van der Waals surface area contributed by atoms with Gasteiger partial charge in [0.05, 0.1) is 23.0 Å². The first-order chi connectivity index (χ1) is 11.0. The summed E-state index contributed by atoms with van der Waals surface area (Å²) in [5.74, 6) is -0.283. The van der Waals surface area contributed by atoms with Crippen LogP contribution < -0.4 is 0 Å². The monoisotopic (exact) mass is 337 g/mol. The highest BCUT2D eigenvalue weighted by Crippen LogP contribution is 2.29. The van der Waals surface area contributed by atoms with Gasteiger partial charge in [-0.05, 0) is 43.5 Å². The maximum absolute atomic E-state index is 13.0. The van der Waals surface area contributed by atoms with E-state index in [1.165, 1.54) is 12.1 Å². The highest BCUT2D eigenvalue weighted by Gasteiger charge is 2.28. The number of benzene rings is 1. The van der Waals surface area contributed by atoms with Gasteiger partial charge in [-0.2, -0.15) is 5.10 Å². The van der Waals surface area contributed by atoms with Crippen molar-refractivity contribution in [2.45, 2.75) is 38.0 Å². The van der Waals surface area contributed by atoms with Gasteiger partial charge in [0.1, 0.15) is 5.82 Å². The number of likely N-dealkylation sites (tertiary alicyclic amines) is 1. The van der Waals surface area contributed by atoms with E-state index in [0.717, 1.165) is 37.2 Å². The first kappa shape index (κ1) is 16.4. The second kappa shape index (κ2) is 6.99. The van der Waals surface area contributed by atoms with Gasteiger partial charge in [-0.25, -0.2) is 4.39 Å². The molecule has 3 rings (SSSR count). The largest absolute Gasteiger partial charge is 0.388 e. The Morgan fingerprint density at radius 3 is 2.78 bits per heavy atom. The molecule has 23 heavy (non-hydrogen) atoms. The number of aryl methyl sites for hydroxylation is 1. The minimum absolute atomic E-state index is 0.283. The van der Waals surface area contributed by atoms with E-state index in [-0.39, 0.29) is 5.82 Å². The SMILES string of the molecule is Cn1ncc(Cl)c1CN1CCC[C@H]1C[C@@H](O)c1ccc(F)cc1. The number of halogens is 2. The number of aromatic nitrogens is 2. The Morgan fingerprint density at radius 1 is 1.39 bits per heavy atom. The Morgan fingerprint density at radius 2 is 2.13 bits per heavy atom. The van der Waals surface area contributed by atoms with Crippen molar-refractivity contribution in [2.24, 2.45) is 7.05 Å². The molecule has 2 atom stereocenters. The predicted octanol–water partition coefficient (Wildman–Crippen LogP) is 3.30. The van der Waals surface area contributed by atoms with Crippen LogP contribution in [0, 0.1) is 5.82 Å². The average Bonchev–Trinajstić information content (AvgIpc) is 3.09. The molecule has 0 radical (unpaired) electrons. The van der Waals surface area contributed by atoms with Crippen LogP contribution in [0.4, 0.5) is 4.39 Å². The Kier molecular flexibility index (Phi) is 4.99. The maximum Gasteiger partial charge on any atom is 0.123 e. The van der Waals surface area contributed by atoms with E-state index in [0.29, 0.717) is 17.5 Å². The molecule has 0 saturated carbocycles. The predicted molar refractivity (Wildman–Crippen MR) is 87.6 cm³/mol. The lowest BCUT2D eigenvalue weighted by atomic mass is 10.0. The molecule has 4 nitrogen and oxygen atoms in total. The number of aliphatic hydroxyl groups is 1. The molecule has 1 saturated heterocycles. The lowest BCUT2D eigenvalue weighted by Crippen LogP contribution is -2.31. The molecule has 0 unspecified atom stereocenters. The van der Waals surface area contributed by atoms with Crippen molar-refractivity contribution in [3.05, 3.63) is 52.6 Å². The van der Waals surface area contributed by atoms with Gasteiger partial charge in [-0.1, -0.05) is 23.7 Å². The Hall–Kier alpha value is -1.43. The Labute approximate surface area is 140 Å². The fourth-order valence-electron chi connectivity index (χ4n) is 3.26. The number of nitrogens with zero attached hydrogens (tertiary/aromatic N) is 3. The van der Waals surface area contributed by atoms with Crippen LogP contribution in [0.3, 0.4) is 0 Å². The Balaban J connectivity index is 1.66. The van der Waals surface area contributed by atoms with Crippen LogP contribution in [0.5, 0.6) is 0 Å². The summed E-state index contributed by atoms with van der Waals surface area (Å²) in [7, 11) is 1.89. The molecule has 124 valence electrons. The standard InChI is InChI=1S/C17H21ClFN3O/c1-21-16(15(18)10-20-21)11-22-8-2-3-14(22)9-17(23)12-4-6-13(19)7-5-12/h4-7,10,14,17,23H,2-3,8-9,11H2,1H3/t14-,17+/m0/s1. The minimum Gasteiger partial charge on any atom is -0.388 e. The number of hydrogen-bond acceptors (Lipinski definition) is 3. The smallest absolute Gasteiger partial charge is 0.123 e. The molecule has 2 heterocycles. The van der Waals surface area contributed by atoms with E-state index >= 15 is 0 Å². The van der Waals surface area contributed by atoms with E-state index in [9.17, 15) is 9.50 Å². The van der Waals surface area contributed by atoms with Gasteiger partial charge in [-0.3, -0.25) is 9.58 Å². The topological polar surface area (TPSA) is 41.3 Å². The van der Waals surface area contributed by atoms with Crippen molar-refractivity contribution in [1.82, 2.24) is 14.7 Å². The van der Waals surface area contributed by atoms with Crippen LogP contribution in [0.1, 0.15) is 36.6 Å². The molecule has 1 aromatic heterocycles. The number of aliphatic hydroxyl groups excluding tert-OH is 1. The first-order valence-electron chi connectivity index (χ1n) is 7.88. The summed E-state index contributed by atoms with van der Waals surface area (Å²) in [5.41, 5.74) is 1.76. The van der Waals surface area contributed by atoms with E-state index in [2.05, 4.69) is 10.00 Å². The van der Waals surface area contributed by atoms with Crippen molar-refractivity contribution in [3.63, 3.8) is 0 Å². The molecule has 2 aromatic rings. The molecule has 0 amide bonds. The molecule has 0 spiro atoms. The maximum atomic E-state index is 13.0. The summed E-state index contributed by atoms with van der Waals surface area (Å²) in [6.45, 7) is 1.72. The highest BCUT2D eigenvalue weighted by atomic mass is 35.5. The van der Waals surface area contributed by atoms with E-state index in [1.807, 2.05) is 7.05 Å². The van der Waals surface area contributed by atoms with Crippen LogP contribution in [-0.2, 0) is 13.6 Å². The lowest BCUT2D eigenvalue weighted by Gasteiger charge is -2.26. The zero-order valence-electron chi connectivity index (χ0n) is 13.1. The van der Waals surface area contributed by atoms with Crippen LogP contribution >= 0.6 is 11.6 Å². The molecule has 1 aliphatic rings. The summed E-state index contributed by atoms with van der Waals surface area (Å²) >= 11 is 6.19. The number of rotatable bonds is 5. The second-order valence-corrected chi connectivity index (χ2v) is 6.54. The van der Waals surface area contributed by atoms with Gasteiger partial charge in [0.25, 0.3) is 0 Å². The molecule has 1 N–H and O–H groups in total. The van der Waals surface area contributed by atoms with Gasteiger partial charge in [0, 0.05) is 19.6 Å². The van der Waals surface area contributed by atoms with Gasteiger partial charge in [-0.15, -0.1) is 0 Å². The molecule has 1 aromatic carbocycles. The third-order valence-corrected chi connectivity index (χ3v) is 4.93. The third-order valence-electron chi connectivity index (χ3n) is 4.61. The van der Waals surface area contributed by atoms with Crippen molar-refractivity contribution < 1.29 is 9.50 Å². The summed E-state index contributed by atoms with van der Waals surface area (Å²) < 4.78 is 14.8. The molecule has 6 heteroatoms. The molecule has 0 aliphatic carbocycles. The second-order valence-electron chi connectivity index (χ2n) is 6.13. The van der Waals surface area contributed by atoms with Crippen LogP contribution in [0.25, 0.3) is 0 Å². The van der Waals surface area contributed by atoms with E-state index in [4.69, 9.17) is 11.6 Å². The fourth-order valence-corrected chi connectivity index (χ4v) is 3.48. The molecule has 1 aliphatic heterocycles. The first-order valence-corrected chi connectivity index (χ1v) is 8.26. The summed E-state index contributed by atoms with van der Waals surface area (Å²) in [6.07, 6.45) is 3.88. The van der Waals surface area contributed by atoms with Crippen molar-refractivity contribution in [1.29, 1.82) is 0 Å². The highest BCUT2D eigenvalue weighted by molar-refractivity contribution is 6.31. The van der Waals surface area contributed by atoms with Crippen molar-refractivity contribution >= 4 is 11.6 Å². The summed E-state index contributed by atoms with van der Waals surface area (Å²) in [5, 5.41) is 15.3. The molecular formula is C17H21ClFN3O. The van der Waals surface area contributed by atoms with Gasteiger partial charge >= 0.3 is 0 Å². The minimum atomic E-state index is -0.580. The molecular weight excluding hydrogens is 317 g/mol. The molecule has 1 fully saturated rings. The fraction of sp³-hybridized carbons (Fsp3) is 0.471. The zero-order chi connectivity index (χ0) is 16.4. The van der Waals surface area contributed by atoms with E-state index in [1.54, 1.807) is 23.0 Å². The summed E-state index contributed by atoms with van der Waals surface area (Å²) in [6, 6.07) is 6.37. The van der Waals surface area contributed by atoms with Crippen LogP contribution in [0.2, 0.25) is 5.02 Å². The third kappa shape index (κ3) is 3.74. The average molecular weight is 338 g/mol. The van der Waals surface area contributed by atoms with Gasteiger partial charge in [0.2, 0.25) is 0 Å². The van der Waals surface area contributed by atoms with Gasteiger partial charge < -0.3 is 5.11 Å². The van der Waals surface area contributed by atoms with Crippen molar-refractivity contribution in [3.8, 4) is 0 Å². The zero-order valence-corrected chi connectivity index (χ0v) is 13.9. The van der Waals surface area contributed by atoms with Crippen LogP contribution in [-0.4, -0.2) is 32.4 Å². The quantitative estimate of drug-likeness (QED) is 0.910. The Bertz CT molecular complexity index is 639. The van der Waals surface area contributed by atoms with Crippen molar-refractivity contribution in [2.75, 3.05) is 6.54 Å².